The molecule has 7 heteroatoms. The SMILES string of the molecule is N#Cc1c(N)nc(N)nc1-c1ccc(N2CCCC2=O)cc1. The molecule has 0 bridgehead atoms. The van der Waals surface area contributed by atoms with E-state index >= 15 is 0 Å². The number of anilines is 3. The van der Waals surface area contributed by atoms with Crippen molar-refractivity contribution in [1.29, 1.82) is 5.26 Å². The molecule has 1 aliphatic heterocycles. The molecule has 1 saturated heterocycles. The lowest BCUT2D eigenvalue weighted by atomic mass is 10.1. The number of amides is 1. The fraction of sp³-hybridized carbons (Fsp3) is 0.200. The van der Waals surface area contributed by atoms with Gasteiger partial charge in [0.1, 0.15) is 17.5 Å². The molecule has 4 N–H and O–H groups in total. The van der Waals surface area contributed by atoms with E-state index in [1.165, 1.54) is 0 Å². The Kier molecular flexibility index (Phi) is 3.35. The van der Waals surface area contributed by atoms with Gasteiger partial charge in [0.15, 0.2) is 0 Å². The minimum Gasteiger partial charge on any atom is -0.382 e. The van der Waals surface area contributed by atoms with Crippen LogP contribution in [0.15, 0.2) is 24.3 Å². The van der Waals surface area contributed by atoms with Gasteiger partial charge in [-0.15, -0.1) is 0 Å². The molecule has 22 heavy (non-hydrogen) atoms. The summed E-state index contributed by atoms with van der Waals surface area (Å²) in [6.45, 7) is 0.731. The summed E-state index contributed by atoms with van der Waals surface area (Å²) in [5.74, 6) is 0.204. The molecule has 0 atom stereocenters. The third-order valence-corrected chi connectivity index (χ3v) is 3.59. The van der Waals surface area contributed by atoms with Crippen LogP contribution in [0.2, 0.25) is 0 Å². The van der Waals surface area contributed by atoms with Gasteiger partial charge in [-0.2, -0.15) is 10.2 Å². The molecule has 3 rings (SSSR count). The third-order valence-electron chi connectivity index (χ3n) is 3.59. The minimum absolute atomic E-state index is 0.0188. The Morgan fingerprint density at radius 3 is 2.50 bits per heavy atom. The van der Waals surface area contributed by atoms with Gasteiger partial charge >= 0.3 is 0 Å². The molecule has 1 aromatic heterocycles. The van der Waals surface area contributed by atoms with Gasteiger partial charge in [-0.3, -0.25) is 4.79 Å². The first kappa shape index (κ1) is 13.8. The van der Waals surface area contributed by atoms with Crippen molar-refractivity contribution in [2.24, 2.45) is 0 Å². The predicted octanol–water partition coefficient (Wildman–Crippen LogP) is 1.31. The molecule has 110 valence electrons. The third kappa shape index (κ3) is 2.31. The smallest absolute Gasteiger partial charge is 0.227 e. The van der Waals surface area contributed by atoms with Crippen LogP contribution in [0.25, 0.3) is 11.3 Å². The van der Waals surface area contributed by atoms with E-state index in [1.807, 2.05) is 18.2 Å². The Balaban J connectivity index is 2.00. The second-order valence-corrected chi connectivity index (χ2v) is 5.00. The van der Waals surface area contributed by atoms with Gasteiger partial charge in [-0.05, 0) is 18.6 Å². The van der Waals surface area contributed by atoms with Crippen LogP contribution in [0, 0.1) is 11.3 Å². The number of carbonyl (C=O) groups is 1. The second kappa shape index (κ2) is 5.33. The lowest BCUT2D eigenvalue weighted by molar-refractivity contribution is -0.117. The highest BCUT2D eigenvalue weighted by Crippen LogP contribution is 2.28. The molecule has 1 fully saturated rings. The topological polar surface area (TPSA) is 122 Å². The number of nitrogens with zero attached hydrogens (tertiary/aromatic N) is 4. The number of hydrogen-bond donors (Lipinski definition) is 2. The molecular formula is C15H14N6O. The van der Waals surface area contributed by atoms with Crippen LogP contribution in [-0.4, -0.2) is 22.4 Å². The van der Waals surface area contributed by atoms with Gasteiger partial charge in [0.05, 0.1) is 5.69 Å². The summed E-state index contributed by atoms with van der Waals surface area (Å²) >= 11 is 0. The predicted molar refractivity (Wildman–Crippen MR) is 82.6 cm³/mol. The number of aromatic nitrogens is 2. The van der Waals surface area contributed by atoms with Crippen molar-refractivity contribution < 1.29 is 4.79 Å². The zero-order valence-electron chi connectivity index (χ0n) is 11.8. The van der Waals surface area contributed by atoms with Crippen LogP contribution in [-0.2, 0) is 4.79 Å². The van der Waals surface area contributed by atoms with Crippen LogP contribution in [0.5, 0.6) is 0 Å². The summed E-state index contributed by atoms with van der Waals surface area (Å²) < 4.78 is 0. The number of nitriles is 1. The average Bonchev–Trinajstić information content (AvgIpc) is 2.93. The van der Waals surface area contributed by atoms with Crippen molar-refractivity contribution in [3.05, 3.63) is 29.8 Å². The van der Waals surface area contributed by atoms with Gasteiger partial charge in [-0.25, -0.2) is 4.98 Å². The molecule has 2 aromatic rings. The number of nitrogen functional groups attached to an aromatic ring is 2. The lowest BCUT2D eigenvalue weighted by Gasteiger charge is -2.16. The van der Waals surface area contributed by atoms with E-state index in [9.17, 15) is 10.1 Å². The quantitative estimate of drug-likeness (QED) is 0.861. The summed E-state index contributed by atoms with van der Waals surface area (Å²) in [7, 11) is 0. The fourth-order valence-electron chi connectivity index (χ4n) is 2.54. The highest BCUT2D eigenvalue weighted by atomic mass is 16.2. The fourth-order valence-corrected chi connectivity index (χ4v) is 2.54. The molecule has 7 nitrogen and oxygen atoms in total. The van der Waals surface area contributed by atoms with Crippen molar-refractivity contribution in [3.8, 4) is 17.3 Å². The lowest BCUT2D eigenvalue weighted by Crippen LogP contribution is -2.23. The van der Waals surface area contributed by atoms with Crippen LogP contribution < -0.4 is 16.4 Å². The number of rotatable bonds is 2. The molecule has 1 aromatic carbocycles. The first-order chi connectivity index (χ1) is 10.6. The molecule has 2 heterocycles. The van der Waals surface area contributed by atoms with Crippen molar-refractivity contribution >= 4 is 23.4 Å². The van der Waals surface area contributed by atoms with Gasteiger partial charge in [0.2, 0.25) is 11.9 Å². The van der Waals surface area contributed by atoms with Crippen LogP contribution in [0.3, 0.4) is 0 Å². The number of hydrogen-bond acceptors (Lipinski definition) is 6. The summed E-state index contributed by atoms with van der Waals surface area (Å²) in [5, 5.41) is 9.21. The normalized spacial score (nSPS) is 14.1. The molecule has 0 unspecified atom stereocenters. The molecule has 1 amide bonds. The van der Waals surface area contributed by atoms with Crippen LogP contribution in [0.1, 0.15) is 18.4 Å². The molecule has 0 radical (unpaired) electrons. The van der Waals surface area contributed by atoms with E-state index in [0.717, 1.165) is 18.7 Å². The molecule has 0 spiro atoms. The van der Waals surface area contributed by atoms with Crippen LogP contribution >= 0.6 is 0 Å². The molecule has 1 aliphatic rings. The maximum absolute atomic E-state index is 11.7. The van der Waals surface area contributed by atoms with Crippen LogP contribution in [0.4, 0.5) is 17.5 Å². The maximum Gasteiger partial charge on any atom is 0.227 e. The summed E-state index contributed by atoms with van der Waals surface area (Å²) in [5.41, 5.74) is 13.4. The highest BCUT2D eigenvalue weighted by molar-refractivity contribution is 5.95. The average molecular weight is 294 g/mol. The number of carbonyl (C=O) groups excluding carboxylic acids is 1. The zero-order valence-corrected chi connectivity index (χ0v) is 11.8. The Morgan fingerprint density at radius 1 is 1.18 bits per heavy atom. The van der Waals surface area contributed by atoms with E-state index in [4.69, 9.17) is 11.5 Å². The first-order valence-electron chi connectivity index (χ1n) is 6.84. The number of nitrogens with two attached hydrogens (primary N) is 2. The van der Waals surface area contributed by atoms with E-state index in [0.29, 0.717) is 17.7 Å². The van der Waals surface area contributed by atoms with E-state index in [1.54, 1.807) is 17.0 Å². The monoisotopic (exact) mass is 294 g/mol. The summed E-state index contributed by atoms with van der Waals surface area (Å²) in [4.78, 5) is 21.4. The van der Waals surface area contributed by atoms with Crippen molar-refractivity contribution in [1.82, 2.24) is 9.97 Å². The van der Waals surface area contributed by atoms with Crippen molar-refractivity contribution in [3.63, 3.8) is 0 Å². The van der Waals surface area contributed by atoms with E-state index in [2.05, 4.69) is 9.97 Å². The van der Waals surface area contributed by atoms with Crippen molar-refractivity contribution in [2.75, 3.05) is 22.9 Å². The highest BCUT2D eigenvalue weighted by Gasteiger charge is 2.21. The molecule has 0 saturated carbocycles. The van der Waals surface area contributed by atoms with E-state index < -0.39 is 0 Å². The largest absolute Gasteiger partial charge is 0.382 e. The second-order valence-electron chi connectivity index (χ2n) is 5.00. The Labute approximate surface area is 127 Å². The van der Waals surface area contributed by atoms with Gasteiger partial charge in [-0.1, -0.05) is 12.1 Å². The zero-order chi connectivity index (χ0) is 15.7. The molecular weight excluding hydrogens is 280 g/mol. The Bertz CT molecular complexity index is 778. The van der Waals surface area contributed by atoms with Gasteiger partial charge in [0, 0.05) is 24.2 Å². The van der Waals surface area contributed by atoms with E-state index in [-0.39, 0.29) is 23.2 Å². The van der Waals surface area contributed by atoms with Crippen molar-refractivity contribution in [2.45, 2.75) is 12.8 Å². The van der Waals surface area contributed by atoms with Gasteiger partial charge in [0.25, 0.3) is 0 Å². The summed E-state index contributed by atoms with van der Waals surface area (Å²) in [6, 6.07) is 9.24. The molecule has 0 aliphatic carbocycles. The Morgan fingerprint density at radius 2 is 1.91 bits per heavy atom. The standard InChI is InChI=1S/C15H14N6O/c16-8-11-13(19-15(18)20-14(11)17)9-3-5-10(6-4-9)21-7-1-2-12(21)22/h3-6H,1-2,7H2,(H4,17,18,19,20). The first-order valence-corrected chi connectivity index (χ1v) is 6.84. The van der Waals surface area contributed by atoms with Gasteiger partial charge < -0.3 is 16.4 Å². The summed E-state index contributed by atoms with van der Waals surface area (Å²) in [6.07, 6.45) is 1.46. The number of benzene rings is 1. The maximum atomic E-state index is 11.7. The Hall–Kier alpha value is -3.14. The minimum atomic E-state index is 0.0188.